The standard InChI is InChI=1S/C25H25N3O6S/c1-15-8-11-18(28(31)32)14-20(15)27-24(29)16(2)35-19-12-9-17(10-13-19)26-25(30)23-21(33-3)6-5-7-22(23)34-4/h5-14,16H,1-4H3,(H,26,30)(H,27,29). The van der Waals surface area contributed by atoms with E-state index in [1.165, 1.54) is 38.1 Å². The fourth-order valence-electron chi connectivity index (χ4n) is 3.24. The first-order valence-corrected chi connectivity index (χ1v) is 11.5. The van der Waals surface area contributed by atoms with Crippen LogP contribution < -0.4 is 20.1 Å². The van der Waals surface area contributed by atoms with E-state index in [0.29, 0.717) is 22.9 Å². The molecule has 0 fully saturated rings. The topological polar surface area (TPSA) is 120 Å². The molecule has 0 aliphatic carbocycles. The number of thioether (sulfide) groups is 1. The minimum Gasteiger partial charge on any atom is -0.496 e. The lowest BCUT2D eigenvalue weighted by atomic mass is 10.1. The van der Waals surface area contributed by atoms with E-state index in [2.05, 4.69) is 10.6 Å². The van der Waals surface area contributed by atoms with Crippen molar-refractivity contribution in [2.24, 2.45) is 0 Å². The molecular weight excluding hydrogens is 470 g/mol. The zero-order chi connectivity index (χ0) is 25.5. The molecule has 0 saturated heterocycles. The molecule has 1 unspecified atom stereocenters. The molecule has 0 saturated carbocycles. The Kier molecular flexibility index (Phi) is 8.32. The van der Waals surface area contributed by atoms with Gasteiger partial charge in [-0.2, -0.15) is 0 Å². The van der Waals surface area contributed by atoms with E-state index >= 15 is 0 Å². The van der Waals surface area contributed by atoms with Gasteiger partial charge in [-0.1, -0.05) is 12.1 Å². The number of amides is 2. The Bertz CT molecular complexity index is 1220. The van der Waals surface area contributed by atoms with Crippen molar-refractivity contribution in [2.45, 2.75) is 24.0 Å². The van der Waals surface area contributed by atoms with Crippen LogP contribution in [0.2, 0.25) is 0 Å². The number of aryl methyl sites for hydroxylation is 1. The van der Waals surface area contributed by atoms with E-state index in [1.807, 2.05) is 0 Å². The largest absolute Gasteiger partial charge is 0.496 e. The molecular formula is C25H25N3O6S. The third-order valence-electron chi connectivity index (χ3n) is 5.14. The summed E-state index contributed by atoms with van der Waals surface area (Å²) < 4.78 is 10.6. The van der Waals surface area contributed by atoms with Crippen LogP contribution >= 0.6 is 11.8 Å². The quantitative estimate of drug-likeness (QED) is 0.235. The minimum absolute atomic E-state index is 0.0883. The van der Waals surface area contributed by atoms with Gasteiger partial charge in [-0.15, -0.1) is 11.8 Å². The molecule has 0 bridgehead atoms. The predicted octanol–water partition coefficient (Wildman–Crippen LogP) is 5.29. The number of hydrogen-bond donors (Lipinski definition) is 2. The van der Waals surface area contributed by atoms with E-state index in [-0.39, 0.29) is 23.1 Å². The van der Waals surface area contributed by atoms with E-state index in [4.69, 9.17) is 9.47 Å². The molecule has 2 amide bonds. The number of nitrogens with one attached hydrogen (secondary N) is 2. The highest BCUT2D eigenvalue weighted by Crippen LogP contribution is 2.30. The second kappa shape index (κ2) is 11.4. The highest BCUT2D eigenvalue weighted by atomic mass is 32.2. The Labute approximate surface area is 207 Å². The van der Waals surface area contributed by atoms with Crippen LogP contribution in [0.25, 0.3) is 0 Å². The van der Waals surface area contributed by atoms with Crippen molar-refractivity contribution in [3.8, 4) is 11.5 Å². The lowest BCUT2D eigenvalue weighted by molar-refractivity contribution is -0.384. The molecule has 2 N–H and O–H groups in total. The van der Waals surface area contributed by atoms with Crippen molar-refractivity contribution in [3.63, 3.8) is 0 Å². The van der Waals surface area contributed by atoms with E-state index < -0.39 is 10.2 Å². The number of nitrogens with zero attached hydrogens (tertiary/aromatic N) is 1. The number of hydrogen-bond acceptors (Lipinski definition) is 7. The summed E-state index contributed by atoms with van der Waals surface area (Å²) in [6.45, 7) is 3.51. The van der Waals surface area contributed by atoms with Crippen LogP contribution in [0, 0.1) is 17.0 Å². The predicted molar refractivity (Wildman–Crippen MR) is 136 cm³/mol. The van der Waals surface area contributed by atoms with Gasteiger partial charge in [-0.05, 0) is 55.8 Å². The molecule has 0 aliphatic rings. The van der Waals surface area contributed by atoms with Gasteiger partial charge in [-0.3, -0.25) is 19.7 Å². The van der Waals surface area contributed by atoms with Crippen molar-refractivity contribution >= 4 is 40.6 Å². The van der Waals surface area contributed by atoms with Crippen LogP contribution in [-0.4, -0.2) is 36.2 Å². The van der Waals surface area contributed by atoms with Crippen molar-refractivity contribution in [1.29, 1.82) is 0 Å². The van der Waals surface area contributed by atoms with Gasteiger partial charge < -0.3 is 20.1 Å². The van der Waals surface area contributed by atoms with Gasteiger partial charge in [0, 0.05) is 22.7 Å². The molecule has 9 nitrogen and oxygen atoms in total. The molecule has 0 aliphatic heterocycles. The summed E-state index contributed by atoms with van der Waals surface area (Å²) >= 11 is 1.32. The van der Waals surface area contributed by atoms with Gasteiger partial charge in [0.15, 0.2) is 0 Å². The summed E-state index contributed by atoms with van der Waals surface area (Å²) in [6.07, 6.45) is 0. The molecule has 3 aromatic rings. The van der Waals surface area contributed by atoms with Crippen LogP contribution in [-0.2, 0) is 4.79 Å². The number of non-ortho nitro benzene ring substituents is 1. The minimum atomic E-state index is -0.502. The Balaban J connectivity index is 1.65. The summed E-state index contributed by atoms with van der Waals surface area (Å²) in [7, 11) is 2.96. The maximum atomic E-state index is 12.8. The number of methoxy groups -OCH3 is 2. The van der Waals surface area contributed by atoms with Gasteiger partial charge in [0.25, 0.3) is 11.6 Å². The van der Waals surface area contributed by atoms with Crippen LogP contribution in [0.4, 0.5) is 17.1 Å². The number of ether oxygens (including phenoxy) is 2. The van der Waals surface area contributed by atoms with Gasteiger partial charge in [0.05, 0.1) is 30.1 Å². The first-order valence-electron chi connectivity index (χ1n) is 10.6. The normalized spacial score (nSPS) is 11.3. The van der Waals surface area contributed by atoms with Crippen LogP contribution in [0.3, 0.4) is 0 Å². The first-order chi connectivity index (χ1) is 16.7. The van der Waals surface area contributed by atoms with E-state index in [9.17, 15) is 19.7 Å². The third-order valence-corrected chi connectivity index (χ3v) is 6.25. The average Bonchev–Trinajstić information content (AvgIpc) is 2.85. The molecule has 182 valence electrons. The Morgan fingerprint density at radius 3 is 2.17 bits per heavy atom. The maximum absolute atomic E-state index is 12.8. The average molecular weight is 496 g/mol. The van der Waals surface area contributed by atoms with Gasteiger partial charge in [-0.25, -0.2) is 0 Å². The number of nitro groups is 1. The first kappa shape index (κ1) is 25.6. The number of benzene rings is 3. The second-order valence-corrected chi connectivity index (χ2v) is 8.94. The van der Waals surface area contributed by atoms with Crippen molar-refractivity contribution in [2.75, 3.05) is 24.9 Å². The molecule has 35 heavy (non-hydrogen) atoms. The molecule has 0 aromatic heterocycles. The number of carbonyl (C=O) groups is 2. The van der Waals surface area contributed by atoms with Gasteiger partial charge in [0.2, 0.25) is 5.91 Å². The number of nitro benzene ring substituents is 1. The summed E-state index contributed by atoms with van der Waals surface area (Å²) in [5.41, 5.74) is 1.90. The third kappa shape index (κ3) is 6.30. The van der Waals surface area contributed by atoms with Crippen molar-refractivity contribution < 1.29 is 24.0 Å². The molecule has 10 heteroatoms. The molecule has 3 rings (SSSR count). The van der Waals surface area contributed by atoms with Crippen LogP contribution in [0.5, 0.6) is 11.5 Å². The van der Waals surface area contributed by atoms with E-state index in [0.717, 1.165) is 10.5 Å². The van der Waals surface area contributed by atoms with E-state index in [1.54, 1.807) is 62.4 Å². The number of carbonyl (C=O) groups excluding carboxylic acids is 2. The van der Waals surface area contributed by atoms with Crippen LogP contribution in [0.1, 0.15) is 22.8 Å². The van der Waals surface area contributed by atoms with Crippen LogP contribution in [0.15, 0.2) is 65.6 Å². The van der Waals surface area contributed by atoms with Gasteiger partial charge in [0.1, 0.15) is 17.1 Å². The SMILES string of the molecule is COc1cccc(OC)c1C(=O)Nc1ccc(SC(C)C(=O)Nc2cc([N+](=O)[O-])ccc2C)cc1. The maximum Gasteiger partial charge on any atom is 0.271 e. The highest BCUT2D eigenvalue weighted by Gasteiger charge is 2.19. The zero-order valence-electron chi connectivity index (χ0n) is 19.7. The summed E-state index contributed by atoms with van der Waals surface area (Å²) in [5.74, 6) is 0.139. The highest BCUT2D eigenvalue weighted by molar-refractivity contribution is 8.00. The molecule has 1 atom stereocenters. The number of anilines is 2. The fraction of sp³-hybridized carbons (Fsp3) is 0.200. The molecule has 0 spiro atoms. The summed E-state index contributed by atoms with van der Waals surface area (Å²) in [4.78, 5) is 36.8. The lowest BCUT2D eigenvalue weighted by Crippen LogP contribution is -2.22. The van der Waals surface area contributed by atoms with Crippen molar-refractivity contribution in [1.82, 2.24) is 0 Å². The molecule has 0 radical (unpaired) electrons. The Morgan fingerprint density at radius 1 is 0.971 bits per heavy atom. The molecule has 0 heterocycles. The van der Waals surface area contributed by atoms with Gasteiger partial charge >= 0.3 is 0 Å². The monoisotopic (exact) mass is 495 g/mol. The lowest BCUT2D eigenvalue weighted by Gasteiger charge is -2.14. The summed E-state index contributed by atoms with van der Waals surface area (Å²) in [5, 5.41) is 16.1. The zero-order valence-corrected chi connectivity index (χ0v) is 20.5. The smallest absolute Gasteiger partial charge is 0.271 e. The summed E-state index contributed by atoms with van der Waals surface area (Å²) in [6, 6.07) is 16.5. The fourth-order valence-corrected chi connectivity index (χ4v) is 4.10. The van der Waals surface area contributed by atoms with Crippen molar-refractivity contribution in [3.05, 3.63) is 81.9 Å². The second-order valence-electron chi connectivity index (χ2n) is 7.52. The Morgan fingerprint density at radius 2 is 1.60 bits per heavy atom. The number of rotatable bonds is 9. The Hall–Kier alpha value is -4.05. The molecule has 3 aromatic carbocycles.